The first-order valence-electron chi connectivity index (χ1n) is 4.62. The van der Waals surface area contributed by atoms with Gasteiger partial charge in [-0.3, -0.25) is 9.59 Å². The molecule has 0 saturated heterocycles. The molecule has 2 nitrogen and oxygen atoms in total. The summed E-state index contributed by atoms with van der Waals surface area (Å²) in [4.78, 5) is 23.0. The van der Waals surface area contributed by atoms with E-state index in [2.05, 4.69) is 0 Å². The summed E-state index contributed by atoms with van der Waals surface area (Å²) in [7, 11) is 0. The fourth-order valence-electron chi connectivity index (χ4n) is 0.676. The Bertz CT molecular complexity index is 194. The Morgan fingerprint density at radius 3 is 1.14 bits per heavy atom. The van der Waals surface area contributed by atoms with E-state index >= 15 is 0 Å². The van der Waals surface area contributed by atoms with Gasteiger partial charge in [0.15, 0.2) is 0 Å². The quantitative estimate of drug-likeness (QED) is 0.575. The molecule has 0 aliphatic heterocycles. The van der Waals surface area contributed by atoms with Crippen LogP contribution in [-0.2, 0) is 30.7 Å². The Hall–Kier alpha value is 0.0283. The monoisotopic (exact) mass is 282 g/mol. The van der Waals surface area contributed by atoms with E-state index in [1.807, 2.05) is 41.5 Å². The van der Waals surface area contributed by atoms with Crippen molar-refractivity contribution in [1.29, 1.82) is 0 Å². The van der Waals surface area contributed by atoms with Crippen LogP contribution in [0.15, 0.2) is 0 Å². The van der Waals surface area contributed by atoms with Crippen molar-refractivity contribution in [2.75, 3.05) is 0 Å². The number of hydrogen-bond donors (Lipinski definition) is 0. The van der Waals surface area contributed by atoms with Gasteiger partial charge in [0.05, 0.1) is 6.42 Å². The van der Waals surface area contributed by atoms with Gasteiger partial charge in [0, 0.05) is 31.9 Å². The molecule has 0 unspecified atom stereocenters. The van der Waals surface area contributed by atoms with Crippen molar-refractivity contribution in [3.05, 3.63) is 0 Å². The number of carbonyl (C=O) groups excluding carboxylic acids is 2. The van der Waals surface area contributed by atoms with Crippen molar-refractivity contribution in [2.24, 2.45) is 10.8 Å². The second-order valence-corrected chi connectivity index (χ2v) is 5.52. The van der Waals surface area contributed by atoms with E-state index in [0.717, 1.165) is 0 Å². The Kier molecular flexibility index (Phi) is 6.12. The molecule has 0 aromatic heterocycles. The molecule has 0 heterocycles. The maximum absolute atomic E-state index is 11.5. The Labute approximate surface area is 101 Å². The van der Waals surface area contributed by atoms with Crippen molar-refractivity contribution in [2.45, 2.75) is 48.0 Å². The summed E-state index contributed by atoms with van der Waals surface area (Å²) in [5.41, 5.74) is -0.804. The van der Waals surface area contributed by atoms with Gasteiger partial charge in [-0.1, -0.05) is 41.5 Å². The minimum atomic E-state index is -0.402. The molecule has 0 fully saturated rings. The van der Waals surface area contributed by atoms with Crippen LogP contribution in [0.5, 0.6) is 0 Å². The zero-order chi connectivity index (χ0) is 10.9. The molecule has 0 saturated carbocycles. The average molecular weight is 280 g/mol. The Balaban J connectivity index is 0. The molecule has 0 aromatic rings. The van der Waals surface area contributed by atoms with E-state index in [1.54, 1.807) is 0 Å². The number of Topliss-reactive ketones (excluding diaryl/α,β-unsaturated/α-hetero) is 2. The van der Waals surface area contributed by atoms with Crippen LogP contribution in [0, 0.1) is 10.8 Å². The van der Waals surface area contributed by atoms with Crippen LogP contribution < -0.4 is 0 Å². The maximum atomic E-state index is 11.5. The molecule has 0 rings (SSSR count). The van der Waals surface area contributed by atoms with Crippen LogP contribution in [0.1, 0.15) is 48.0 Å². The van der Waals surface area contributed by atoms with Crippen molar-refractivity contribution >= 4 is 11.6 Å². The summed E-state index contributed by atoms with van der Waals surface area (Å²) in [6.45, 7) is 11.0. The largest absolute Gasteiger partial charge is 0.299 e. The third-order valence-electron chi connectivity index (χ3n) is 1.99. The summed E-state index contributed by atoms with van der Waals surface area (Å²) in [6.07, 6.45) is 0.0625. The van der Waals surface area contributed by atoms with Gasteiger partial charge in [0.1, 0.15) is 11.6 Å². The summed E-state index contributed by atoms with van der Waals surface area (Å²) in [6, 6.07) is 0. The standard InChI is InChI=1S/C11H20O2.Mo/c1-10(2,3)8(12)7-9(13)11(4,5)6;/h7H2,1-6H3;. The van der Waals surface area contributed by atoms with Crippen molar-refractivity contribution in [1.82, 2.24) is 0 Å². The molecule has 0 atom stereocenters. The van der Waals surface area contributed by atoms with Crippen LogP contribution >= 0.6 is 0 Å². The molecule has 0 aromatic carbocycles. The molecule has 0 bridgehead atoms. The average Bonchev–Trinajstić information content (AvgIpc) is 1.82. The van der Waals surface area contributed by atoms with Gasteiger partial charge in [-0.15, -0.1) is 0 Å². The fraction of sp³-hybridized carbons (Fsp3) is 0.818. The van der Waals surface area contributed by atoms with E-state index in [-0.39, 0.29) is 39.1 Å². The molecule has 14 heavy (non-hydrogen) atoms. The Morgan fingerprint density at radius 1 is 0.786 bits per heavy atom. The number of rotatable bonds is 2. The molecule has 0 spiro atoms. The molecule has 3 heteroatoms. The molecule has 0 aliphatic rings. The molecule has 0 aliphatic carbocycles. The van der Waals surface area contributed by atoms with Crippen LogP contribution in [0.3, 0.4) is 0 Å². The van der Waals surface area contributed by atoms with Gasteiger partial charge in [-0.25, -0.2) is 0 Å². The summed E-state index contributed by atoms with van der Waals surface area (Å²) in [5.74, 6) is 0.0415. The summed E-state index contributed by atoms with van der Waals surface area (Å²) in [5, 5.41) is 0. The van der Waals surface area contributed by atoms with E-state index in [1.165, 1.54) is 0 Å². The topological polar surface area (TPSA) is 34.1 Å². The minimum Gasteiger partial charge on any atom is -0.299 e. The Morgan fingerprint density at radius 2 is 1.00 bits per heavy atom. The normalized spacial score (nSPS) is 11.9. The third-order valence-corrected chi connectivity index (χ3v) is 1.99. The zero-order valence-corrected chi connectivity index (χ0v) is 11.9. The molecule has 0 radical (unpaired) electrons. The van der Waals surface area contributed by atoms with E-state index in [0.29, 0.717) is 0 Å². The maximum Gasteiger partial charge on any atom is 0.145 e. The van der Waals surface area contributed by atoms with Crippen LogP contribution in [0.4, 0.5) is 0 Å². The van der Waals surface area contributed by atoms with Gasteiger partial charge < -0.3 is 0 Å². The van der Waals surface area contributed by atoms with Crippen molar-refractivity contribution in [3.8, 4) is 0 Å². The molecule has 0 amide bonds. The van der Waals surface area contributed by atoms with E-state index in [9.17, 15) is 9.59 Å². The predicted molar refractivity (Wildman–Crippen MR) is 53.5 cm³/mol. The van der Waals surface area contributed by atoms with E-state index in [4.69, 9.17) is 0 Å². The number of carbonyl (C=O) groups is 2. The summed E-state index contributed by atoms with van der Waals surface area (Å²) >= 11 is 0. The first-order chi connectivity index (χ1) is 5.55. The van der Waals surface area contributed by atoms with Gasteiger partial charge >= 0.3 is 0 Å². The minimum absolute atomic E-state index is 0. The molecular weight excluding hydrogens is 260 g/mol. The van der Waals surface area contributed by atoms with Gasteiger partial charge in [-0.2, -0.15) is 0 Å². The zero-order valence-electron chi connectivity index (χ0n) is 9.93. The SMILES string of the molecule is CC(C)(C)C(=O)CC(=O)C(C)(C)C.[Mo]. The van der Waals surface area contributed by atoms with Crippen molar-refractivity contribution < 1.29 is 30.7 Å². The smallest absolute Gasteiger partial charge is 0.145 e. The van der Waals surface area contributed by atoms with Gasteiger partial charge in [0.25, 0.3) is 0 Å². The summed E-state index contributed by atoms with van der Waals surface area (Å²) < 4.78 is 0. The van der Waals surface area contributed by atoms with Crippen LogP contribution in [0.25, 0.3) is 0 Å². The first-order valence-corrected chi connectivity index (χ1v) is 4.62. The first kappa shape index (κ1) is 16.5. The third kappa shape index (κ3) is 5.69. The van der Waals surface area contributed by atoms with Crippen molar-refractivity contribution in [3.63, 3.8) is 0 Å². The van der Waals surface area contributed by atoms with Gasteiger partial charge in [0.2, 0.25) is 0 Å². The number of ketones is 2. The second kappa shape index (κ2) is 5.21. The predicted octanol–water partition coefficient (Wildman–Crippen LogP) is 2.60. The van der Waals surface area contributed by atoms with Crippen LogP contribution in [0.2, 0.25) is 0 Å². The molecule has 0 N–H and O–H groups in total. The van der Waals surface area contributed by atoms with E-state index < -0.39 is 10.8 Å². The molecule has 82 valence electrons. The molecular formula is C11H20MoO2. The number of hydrogen-bond acceptors (Lipinski definition) is 2. The fourth-order valence-corrected chi connectivity index (χ4v) is 0.676. The second-order valence-electron chi connectivity index (χ2n) is 5.52. The van der Waals surface area contributed by atoms with Crippen LogP contribution in [-0.4, -0.2) is 11.6 Å². The van der Waals surface area contributed by atoms with Gasteiger partial charge in [-0.05, 0) is 0 Å².